The molecule has 0 saturated heterocycles. The van der Waals surface area contributed by atoms with Crippen LogP contribution < -0.4 is 5.32 Å². The molecule has 1 N–H and O–H groups in total. The van der Waals surface area contributed by atoms with Crippen LogP contribution in [-0.2, 0) is 0 Å². The molecule has 7 aromatic rings. The second kappa shape index (κ2) is 15.3. The number of anilines is 1. The van der Waals surface area contributed by atoms with E-state index in [4.69, 9.17) is 0 Å². The standard InChI is InChI=1S/C35H26N2.C11H8.C2H6/c1-3-9-25(10-4-1)27-17-21-30(23-27)36-29-19-15-26(16-20-29)28-18-22-35-33(24-28)32-13-7-8-14-34(32)37(35)31-11-5-2-6-12-31;1-2-6-10(7-3-1)11-8-4-5-9-11;1-2/h1-22,24,36H,23H2;1-8H;1-2H3. The van der Waals surface area contributed by atoms with E-state index in [-0.39, 0.29) is 0 Å². The Morgan fingerprint density at radius 1 is 0.540 bits per heavy atom. The highest BCUT2D eigenvalue weighted by molar-refractivity contribution is 6.10. The molecular formula is C48H40N2. The molecule has 2 heteroatoms. The van der Waals surface area contributed by atoms with Gasteiger partial charge in [-0.2, -0.15) is 0 Å². The van der Waals surface area contributed by atoms with Crippen molar-refractivity contribution in [1.29, 1.82) is 0 Å². The SMILES string of the molecule is C1=C(Nc2ccc(-c3ccc4c(c3)c3ccccc3n4-c3ccccc3)cc2)CC(c2ccccc2)=C1.C1=CC=CC=1c1ccccc1.CC. The summed E-state index contributed by atoms with van der Waals surface area (Å²) in [6.07, 6.45) is 11.3. The zero-order valence-electron chi connectivity index (χ0n) is 28.6. The Bertz CT molecular complexity index is 2380. The summed E-state index contributed by atoms with van der Waals surface area (Å²) in [6.45, 7) is 4.00. The van der Waals surface area contributed by atoms with Gasteiger partial charge in [0.05, 0.1) is 11.0 Å². The lowest BCUT2D eigenvalue weighted by Crippen LogP contribution is -1.97. The Kier molecular flexibility index (Phi) is 9.83. The monoisotopic (exact) mass is 644 g/mol. The first kappa shape index (κ1) is 32.2. The number of hydrogen-bond acceptors (Lipinski definition) is 1. The molecular weight excluding hydrogens is 605 g/mol. The highest BCUT2D eigenvalue weighted by Gasteiger charge is 2.14. The summed E-state index contributed by atoms with van der Waals surface area (Å²) in [5.41, 5.74) is 16.6. The molecule has 2 aliphatic rings. The fraction of sp³-hybridized carbons (Fsp3) is 0.0625. The summed E-state index contributed by atoms with van der Waals surface area (Å²) in [4.78, 5) is 0. The normalized spacial score (nSPS) is 12.8. The average Bonchev–Trinajstić information content (AvgIpc) is 3.98. The molecule has 1 aromatic heterocycles. The summed E-state index contributed by atoms with van der Waals surface area (Å²) in [6, 6.07) is 55.7. The number of allylic oxidation sites excluding steroid dienone is 6. The van der Waals surface area contributed by atoms with Crippen LogP contribution >= 0.6 is 0 Å². The van der Waals surface area contributed by atoms with Crippen molar-refractivity contribution in [3.05, 3.63) is 211 Å². The van der Waals surface area contributed by atoms with Crippen LogP contribution in [0.4, 0.5) is 5.69 Å². The van der Waals surface area contributed by atoms with Crippen LogP contribution in [0.1, 0.15) is 31.4 Å². The number of hydrogen-bond donors (Lipinski definition) is 1. The maximum Gasteiger partial charge on any atom is 0.0541 e. The first-order valence-electron chi connectivity index (χ1n) is 17.4. The van der Waals surface area contributed by atoms with Crippen molar-refractivity contribution in [1.82, 2.24) is 4.57 Å². The largest absolute Gasteiger partial charge is 0.359 e. The van der Waals surface area contributed by atoms with E-state index < -0.39 is 0 Å². The van der Waals surface area contributed by atoms with Gasteiger partial charge in [-0.25, -0.2) is 0 Å². The second-order valence-electron chi connectivity index (χ2n) is 12.0. The van der Waals surface area contributed by atoms with Gasteiger partial charge in [-0.1, -0.05) is 141 Å². The van der Waals surface area contributed by atoms with Crippen molar-refractivity contribution in [2.24, 2.45) is 0 Å². The Hall–Kier alpha value is -6.34. The number of aromatic nitrogens is 1. The van der Waals surface area contributed by atoms with Crippen LogP contribution in [0.2, 0.25) is 0 Å². The third-order valence-corrected chi connectivity index (χ3v) is 8.90. The van der Waals surface area contributed by atoms with Crippen molar-refractivity contribution in [3.63, 3.8) is 0 Å². The predicted molar refractivity (Wildman–Crippen MR) is 215 cm³/mol. The number of nitrogens with one attached hydrogen (secondary N) is 1. The third kappa shape index (κ3) is 6.93. The molecule has 0 aliphatic heterocycles. The van der Waals surface area contributed by atoms with E-state index in [0.717, 1.165) is 12.1 Å². The molecule has 2 aliphatic carbocycles. The lowest BCUT2D eigenvalue weighted by molar-refractivity contribution is 1.18. The maximum atomic E-state index is 3.60. The van der Waals surface area contributed by atoms with E-state index in [1.54, 1.807) is 0 Å². The highest BCUT2D eigenvalue weighted by Crippen LogP contribution is 2.35. The van der Waals surface area contributed by atoms with E-state index in [2.05, 4.69) is 173 Å². The van der Waals surface area contributed by atoms with Crippen LogP contribution in [0, 0.1) is 0 Å². The van der Waals surface area contributed by atoms with Gasteiger partial charge in [-0.15, -0.1) is 5.73 Å². The summed E-state index contributed by atoms with van der Waals surface area (Å²) in [5.74, 6) is 0. The molecule has 0 bridgehead atoms. The summed E-state index contributed by atoms with van der Waals surface area (Å²) in [7, 11) is 0. The van der Waals surface area contributed by atoms with E-state index in [9.17, 15) is 0 Å². The zero-order chi connectivity index (χ0) is 34.1. The smallest absolute Gasteiger partial charge is 0.0541 e. The summed E-state index contributed by atoms with van der Waals surface area (Å²) in [5, 5.41) is 6.15. The van der Waals surface area contributed by atoms with Gasteiger partial charge in [-0.3, -0.25) is 0 Å². The van der Waals surface area contributed by atoms with Crippen molar-refractivity contribution < 1.29 is 0 Å². The van der Waals surface area contributed by atoms with Gasteiger partial charge in [-0.05, 0) is 88.5 Å². The maximum absolute atomic E-state index is 3.60. The van der Waals surface area contributed by atoms with Gasteiger partial charge < -0.3 is 9.88 Å². The highest BCUT2D eigenvalue weighted by atomic mass is 15.0. The minimum Gasteiger partial charge on any atom is -0.359 e. The molecule has 2 nitrogen and oxygen atoms in total. The van der Waals surface area contributed by atoms with Crippen LogP contribution in [-0.4, -0.2) is 4.57 Å². The van der Waals surface area contributed by atoms with Crippen LogP contribution in [0.25, 0.3) is 49.8 Å². The second-order valence-corrected chi connectivity index (χ2v) is 12.0. The van der Waals surface area contributed by atoms with Gasteiger partial charge >= 0.3 is 0 Å². The van der Waals surface area contributed by atoms with Crippen molar-refractivity contribution in [2.75, 3.05) is 5.32 Å². The number of rotatable bonds is 6. The molecule has 0 unspecified atom stereocenters. The Morgan fingerprint density at radius 2 is 1.16 bits per heavy atom. The lowest BCUT2D eigenvalue weighted by Gasteiger charge is -2.11. The Balaban J connectivity index is 0.000000255. The van der Waals surface area contributed by atoms with Crippen LogP contribution in [0.3, 0.4) is 0 Å². The van der Waals surface area contributed by atoms with Gasteiger partial charge in [0.1, 0.15) is 0 Å². The first-order valence-corrected chi connectivity index (χ1v) is 17.4. The molecule has 0 amide bonds. The average molecular weight is 645 g/mol. The molecule has 9 rings (SSSR count). The molecule has 1 heterocycles. The molecule has 0 fully saturated rings. The molecule has 0 radical (unpaired) electrons. The predicted octanol–water partition coefficient (Wildman–Crippen LogP) is 13.1. The van der Waals surface area contributed by atoms with E-state index in [1.807, 2.05) is 44.2 Å². The Labute approximate surface area is 295 Å². The Morgan fingerprint density at radius 3 is 1.86 bits per heavy atom. The molecule has 242 valence electrons. The number of benzene rings is 6. The molecule has 6 aromatic carbocycles. The van der Waals surface area contributed by atoms with Crippen molar-refractivity contribution in [2.45, 2.75) is 20.3 Å². The van der Waals surface area contributed by atoms with Crippen molar-refractivity contribution in [3.8, 4) is 16.8 Å². The molecule has 50 heavy (non-hydrogen) atoms. The topological polar surface area (TPSA) is 17.0 Å². The first-order chi connectivity index (χ1) is 24.8. The van der Waals surface area contributed by atoms with Crippen LogP contribution in [0.5, 0.6) is 0 Å². The van der Waals surface area contributed by atoms with Gasteiger partial charge in [0.15, 0.2) is 0 Å². The minimum atomic E-state index is 0.925. The van der Waals surface area contributed by atoms with Gasteiger partial charge in [0.25, 0.3) is 0 Å². The number of nitrogens with zero attached hydrogens (tertiary/aromatic N) is 1. The van der Waals surface area contributed by atoms with Gasteiger partial charge in [0.2, 0.25) is 0 Å². The number of para-hydroxylation sites is 2. The minimum absolute atomic E-state index is 0.925. The quantitative estimate of drug-likeness (QED) is 0.178. The molecule has 0 spiro atoms. The van der Waals surface area contributed by atoms with E-state index in [0.29, 0.717) is 0 Å². The van der Waals surface area contributed by atoms with Crippen LogP contribution in [0.15, 0.2) is 200 Å². The van der Waals surface area contributed by atoms with Gasteiger partial charge in [0, 0.05) is 39.8 Å². The fourth-order valence-electron chi connectivity index (χ4n) is 6.53. The van der Waals surface area contributed by atoms with Crippen molar-refractivity contribution >= 4 is 38.6 Å². The van der Waals surface area contributed by atoms with E-state index in [1.165, 1.54) is 66.6 Å². The summed E-state index contributed by atoms with van der Waals surface area (Å²) >= 11 is 0. The summed E-state index contributed by atoms with van der Waals surface area (Å²) < 4.78 is 2.36. The molecule has 0 atom stereocenters. The zero-order valence-corrected chi connectivity index (χ0v) is 28.6. The fourth-order valence-corrected chi connectivity index (χ4v) is 6.53. The lowest BCUT2D eigenvalue weighted by atomic mass is 10.0. The molecule has 0 saturated carbocycles. The number of fused-ring (bicyclic) bond motifs is 3. The van der Waals surface area contributed by atoms with E-state index >= 15 is 0 Å². The third-order valence-electron chi connectivity index (χ3n) is 8.90.